The summed E-state index contributed by atoms with van der Waals surface area (Å²) >= 11 is 0. The van der Waals surface area contributed by atoms with E-state index in [1.54, 1.807) is 6.20 Å². The fourth-order valence-electron chi connectivity index (χ4n) is 1.80. The first kappa shape index (κ1) is 11.0. The van der Waals surface area contributed by atoms with Crippen molar-refractivity contribution >= 4 is 6.09 Å². The average molecular weight is 223 g/mol. The molecule has 5 heteroatoms. The van der Waals surface area contributed by atoms with Crippen LogP contribution in [0.3, 0.4) is 0 Å². The predicted molar refractivity (Wildman–Crippen MR) is 59.0 cm³/mol. The second-order valence-corrected chi connectivity index (χ2v) is 4.97. The number of carbonyl (C=O) groups excluding carboxylic acids is 1. The van der Waals surface area contributed by atoms with Gasteiger partial charge in [-0.1, -0.05) is 0 Å². The van der Waals surface area contributed by atoms with Crippen molar-refractivity contribution in [2.45, 2.75) is 45.4 Å². The number of hydrogen-bond donors (Lipinski definition) is 1. The summed E-state index contributed by atoms with van der Waals surface area (Å²) in [5, 5.41) is 2.83. The van der Waals surface area contributed by atoms with Crippen LogP contribution >= 0.6 is 0 Å². The number of carbonyl (C=O) groups is 1. The van der Waals surface area contributed by atoms with Gasteiger partial charge in [-0.2, -0.15) is 0 Å². The molecule has 2 rings (SSSR count). The molecular formula is C11H17N3O2. The van der Waals surface area contributed by atoms with Gasteiger partial charge in [-0.25, -0.2) is 9.78 Å². The van der Waals surface area contributed by atoms with Crippen molar-refractivity contribution in [2.24, 2.45) is 0 Å². The molecule has 1 aromatic heterocycles. The molecule has 1 aliphatic rings. The third-order valence-corrected chi connectivity index (χ3v) is 2.41. The predicted octanol–water partition coefficient (Wildman–Crippen LogP) is 1.85. The Kier molecular flexibility index (Phi) is 2.61. The molecule has 1 N–H and O–H groups in total. The fourth-order valence-corrected chi connectivity index (χ4v) is 1.80. The standard InChI is InChI=1S/C11H17N3O2/c1-11(2,3)16-10(15)13-8-4-6-14-7-5-12-9(8)14/h5,7-8H,4,6H2,1-3H3,(H,13,15)/t8-/m1/s1. The number of aryl methyl sites for hydroxylation is 1. The maximum Gasteiger partial charge on any atom is 0.408 e. The first-order chi connectivity index (χ1) is 7.46. The Labute approximate surface area is 94.8 Å². The van der Waals surface area contributed by atoms with Gasteiger partial charge in [0.15, 0.2) is 0 Å². The van der Waals surface area contributed by atoms with E-state index in [-0.39, 0.29) is 12.1 Å². The number of rotatable bonds is 1. The van der Waals surface area contributed by atoms with E-state index in [2.05, 4.69) is 10.3 Å². The summed E-state index contributed by atoms with van der Waals surface area (Å²) in [7, 11) is 0. The minimum absolute atomic E-state index is 0.0233. The number of hydrogen-bond acceptors (Lipinski definition) is 3. The minimum Gasteiger partial charge on any atom is -0.444 e. The summed E-state index contributed by atoms with van der Waals surface area (Å²) in [6, 6.07) is -0.0233. The van der Waals surface area contributed by atoms with Crippen molar-refractivity contribution < 1.29 is 9.53 Å². The van der Waals surface area contributed by atoms with E-state index in [1.165, 1.54) is 0 Å². The SMILES string of the molecule is CC(C)(C)OC(=O)N[C@@H]1CCn2ccnc21. The Hall–Kier alpha value is -1.52. The molecular weight excluding hydrogens is 206 g/mol. The van der Waals surface area contributed by atoms with E-state index in [0.717, 1.165) is 18.8 Å². The lowest BCUT2D eigenvalue weighted by Gasteiger charge is -2.21. The molecule has 5 nitrogen and oxygen atoms in total. The van der Waals surface area contributed by atoms with Gasteiger partial charge in [-0.3, -0.25) is 0 Å². The van der Waals surface area contributed by atoms with Crippen LogP contribution in [-0.2, 0) is 11.3 Å². The number of fused-ring (bicyclic) bond motifs is 1. The fraction of sp³-hybridized carbons (Fsp3) is 0.636. The Morgan fingerprint density at radius 1 is 1.62 bits per heavy atom. The number of imidazole rings is 1. The van der Waals surface area contributed by atoms with Gasteiger partial charge in [-0.05, 0) is 27.2 Å². The second kappa shape index (κ2) is 3.81. The van der Waals surface area contributed by atoms with Crippen LogP contribution in [0.2, 0.25) is 0 Å². The lowest BCUT2D eigenvalue weighted by molar-refractivity contribution is 0.0502. The monoisotopic (exact) mass is 223 g/mol. The Morgan fingerprint density at radius 2 is 2.38 bits per heavy atom. The molecule has 2 heterocycles. The molecule has 16 heavy (non-hydrogen) atoms. The highest BCUT2D eigenvalue weighted by atomic mass is 16.6. The average Bonchev–Trinajstić information content (AvgIpc) is 2.66. The smallest absolute Gasteiger partial charge is 0.408 e. The van der Waals surface area contributed by atoms with E-state index < -0.39 is 5.60 Å². The van der Waals surface area contributed by atoms with Gasteiger partial charge in [0.2, 0.25) is 0 Å². The molecule has 0 bridgehead atoms. The molecule has 0 fully saturated rings. The van der Waals surface area contributed by atoms with Gasteiger partial charge in [0, 0.05) is 18.9 Å². The first-order valence-electron chi connectivity index (χ1n) is 5.46. The van der Waals surface area contributed by atoms with Crippen LogP contribution in [0.1, 0.15) is 39.1 Å². The molecule has 0 saturated carbocycles. The van der Waals surface area contributed by atoms with Crippen molar-refractivity contribution in [2.75, 3.05) is 0 Å². The zero-order chi connectivity index (χ0) is 11.8. The molecule has 0 aliphatic carbocycles. The summed E-state index contributed by atoms with van der Waals surface area (Å²) in [4.78, 5) is 15.8. The van der Waals surface area contributed by atoms with Gasteiger partial charge in [0.1, 0.15) is 11.4 Å². The number of aromatic nitrogens is 2. The molecule has 1 aromatic rings. The molecule has 1 atom stereocenters. The molecule has 88 valence electrons. The molecule has 0 spiro atoms. The number of nitrogens with one attached hydrogen (secondary N) is 1. The van der Waals surface area contributed by atoms with Crippen molar-refractivity contribution in [1.29, 1.82) is 0 Å². The minimum atomic E-state index is -0.460. The van der Waals surface area contributed by atoms with Crippen molar-refractivity contribution in [3.8, 4) is 0 Å². The van der Waals surface area contributed by atoms with Gasteiger partial charge < -0.3 is 14.6 Å². The van der Waals surface area contributed by atoms with E-state index >= 15 is 0 Å². The number of alkyl carbamates (subject to hydrolysis) is 1. The Morgan fingerprint density at radius 3 is 3.06 bits per heavy atom. The largest absolute Gasteiger partial charge is 0.444 e. The van der Waals surface area contributed by atoms with E-state index in [0.29, 0.717) is 0 Å². The third-order valence-electron chi connectivity index (χ3n) is 2.41. The van der Waals surface area contributed by atoms with Crippen LogP contribution in [0, 0.1) is 0 Å². The van der Waals surface area contributed by atoms with Crippen LogP contribution in [0.4, 0.5) is 4.79 Å². The Balaban J connectivity index is 1.95. The van der Waals surface area contributed by atoms with Crippen LogP contribution in [0.25, 0.3) is 0 Å². The summed E-state index contributed by atoms with van der Waals surface area (Å²) in [6.45, 7) is 6.45. The van der Waals surface area contributed by atoms with Crippen LogP contribution < -0.4 is 5.32 Å². The highest BCUT2D eigenvalue weighted by Crippen LogP contribution is 2.23. The van der Waals surface area contributed by atoms with Gasteiger partial charge in [0.05, 0.1) is 6.04 Å². The van der Waals surface area contributed by atoms with Crippen molar-refractivity contribution in [3.05, 3.63) is 18.2 Å². The lowest BCUT2D eigenvalue weighted by atomic mass is 10.2. The van der Waals surface area contributed by atoms with Crippen LogP contribution in [0.5, 0.6) is 0 Å². The van der Waals surface area contributed by atoms with Gasteiger partial charge in [0.25, 0.3) is 0 Å². The highest BCUT2D eigenvalue weighted by Gasteiger charge is 2.27. The normalized spacial score (nSPS) is 19.3. The van der Waals surface area contributed by atoms with E-state index in [9.17, 15) is 4.79 Å². The quantitative estimate of drug-likeness (QED) is 0.790. The summed E-state index contributed by atoms with van der Waals surface area (Å²) in [5.74, 6) is 0.908. The zero-order valence-corrected chi connectivity index (χ0v) is 9.86. The molecule has 0 unspecified atom stereocenters. The van der Waals surface area contributed by atoms with Gasteiger partial charge >= 0.3 is 6.09 Å². The van der Waals surface area contributed by atoms with Crippen LogP contribution in [-0.4, -0.2) is 21.2 Å². The molecule has 1 aliphatic heterocycles. The molecule has 1 amide bonds. The van der Waals surface area contributed by atoms with Crippen molar-refractivity contribution in [1.82, 2.24) is 14.9 Å². The summed E-state index contributed by atoms with van der Waals surface area (Å²) in [5.41, 5.74) is -0.460. The first-order valence-corrected chi connectivity index (χ1v) is 5.46. The lowest BCUT2D eigenvalue weighted by Crippen LogP contribution is -2.34. The second-order valence-electron chi connectivity index (χ2n) is 4.97. The third kappa shape index (κ3) is 2.35. The topological polar surface area (TPSA) is 56.1 Å². The van der Waals surface area contributed by atoms with Gasteiger partial charge in [-0.15, -0.1) is 0 Å². The number of ether oxygens (including phenoxy) is 1. The highest BCUT2D eigenvalue weighted by molar-refractivity contribution is 5.68. The molecule has 0 saturated heterocycles. The Bertz CT molecular complexity index is 392. The number of nitrogens with zero attached hydrogens (tertiary/aromatic N) is 2. The summed E-state index contributed by atoms with van der Waals surface area (Å²) < 4.78 is 7.25. The molecule has 0 radical (unpaired) electrons. The van der Waals surface area contributed by atoms with Crippen LogP contribution in [0.15, 0.2) is 12.4 Å². The number of amides is 1. The van der Waals surface area contributed by atoms with E-state index in [4.69, 9.17) is 4.74 Å². The summed E-state index contributed by atoms with van der Waals surface area (Å²) in [6.07, 6.45) is 4.17. The maximum atomic E-state index is 11.6. The van der Waals surface area contributed by atoms with Crippen molar-refractivity contribution in [3.63, 3.8) is 0 Å². The zero-order valence-electron chi connectivity index (χ0n) is 9.86. The molecule has 0 aromatic carbocycles. The maximum absolute atomic E-state index is 11.6. The van der Waals surface area contributed by atoms with E-state index in [1.807, 2.05) is 31.5 Å².